The second-order valence-corrected chi connectivity index (χ2v) is 5.87. The highest BCUT2D eigenvalue weighted by molar-refractivity contribution is 7.99. The zero-order valence-electron chi connectivity index (χ0n) is 11.4. The molecule has 1 aromatic heterocycles. The Bertz CT molecular complexity index is 678. The van der Waals surface area contributed by atoms with Crippen molar-refractivity contribution in [1.29, 1.82) is 0 Å². The number of anilines is 1. The predicted molar refractivity (Wildman–Crippen MR) is 87.1 cm³/mol. The minimum atomic E-state index is -0.436. The molecule has 5 N–H and O–H groups in total. The van der Waals surface area contributed by atoms with Crippen LogP contribution < -0.4 is 17.0 Å². The van der Waals surface area contributed by atoms with E-state index in [-0.39, 0.29) is 0 Å². The van der Waals surface area contributed by atoms with E-state index in [0.29, 0.717) is 21.8 Å². The van der Waals surface area contributed by atoms with Crippen LogP contribution in [0.4, 0.5) is 5.69 Å². The molecule has 110 valence electrons. The highest BCUT2D eigenvalue weighted by Gasteiger charge is 2.16. The largest absolute Gasteiger partial charge is 0.398 e. The molecule has 0 aliphatic heterocycles. The number of nitrogens with two attached hydrogens (primary N) is 2. The van der Waals surface area contributed by atoms with Crippen LogP contribution in [-0.2, 0) is 0 Å². The van der Waals surface area contributed by atoms with E-state index in [0.717, 1.165) is 16.3 Å². The van der Waals surface area contributed by atoms with Gasteiger partial charge in [0, 0.05) is 17.3 Å². The molecule has 1 heterocycles. The number of thioether (sulfide) groups is 1. The smallest absolute Gasteiger partial charge is 0.267 e. The van der Waals surface area contributed by atoms with Gasteiger partial charge in [0.25, 0.3) is 5.91 Å². The van der Waals surface area contributed by atoms with Crippen LogP contribution in [0, 0.1) is 0 Å². The van der Waals surface area contributed by atoms with Crippen LogP contribution in [0.3, 0.4) is 0 Å². The molecule has 0 atom stereocenters. The van der Waals surface area contributed by atoms with E-state index >= 15 is 0 Å². The molecule has 2 rings (SSSR count). The number of para-hydroxylation sites is 1. The third-order valence-corrected chi connectivity index (χ3v) is 3.96. The highest BCUT2D eigenvalue weighted by atomic mass is 35.5. The molecule has 0 radical (unpaired) electrons. The van der Waals surface area contributed by atoms with Gasteiger partial charge in [-0.25, -0.2) is 10.8 Å². The summed E-state index contributed by atoms with van der Waals surface area (Å²) >= 11 is 7.62. The fourth-order valence-corrected chi connectivity index (χ4v) is 2.83. The predicted octanol–water partition coefficient (Wildman–Crippen LogP) is 2.70. The Morgan fingerprint density at radius 3 is 2.86 bits per heavy atom. The minimum absolute atomic E-state index is 0.322. The summed E-state index contributed by atoms with van der Waals surface area (Å²) in [7, 11) is 0. The van der Waals surface area contributed by atoms with E-state index in [1.807, 2.05) is 13.0 Å². The van der Waals surface area contributed by atoms with Crippen molar-refractivity contribution in [3.8, 4) is 11.1 Å². The van der Waals surface area contributed by atoms with E-state index in [2.05, 4.69) is 10.4 Å². The number of nitrogens with one attached hydrogen (secondary N) is 1. The molecule has 0 saturated carbocycles. The lowest BCUT2D eigenvalue weighted by atomic mass is 10.0. The van der Waals surface area contributed by atoms with Crippen molar-refractivity contribution < 1.29 is 4.79 Å². The minimum Gasteiger partial charge on any atom is -0.398 e. The third-order valence-electron chi connectivity index (χ3n) is 2.87. The average molecular weight is 323 g/mol. The van der Waals surface area contributed by atoms with Crippen molar-refractivity contribution in [2.45, 2.75) is 11.9 Å². The van der Waals surface area contributed by atoms with E-state index in [9.17, 15) is 4.79 Å². The SMILES string of the molecule is CCSc1ncc(Cl)cc1-c1cccc(C(=O)NN)c1N. The lowest BCUT2D eigenvalue weighted by molar-refractivity contribution is 0.0954. The monoisotopic (exact) mass is 322 g/mol. The quantitative estimate of drug-likeness (QED) is 0.264. The van der Waals surface area contributed by atoms with Crippen molar-refractivity contribution in [2.24, 2.45) is 5.84 Å². The molecule has 0 aliphatic rings. The molecule has 5 nitrogen and oxygen atoms in total. The second-order valence-electron chi connectivity index (χ2n) is 4.18. The molecule has 0 bridgehead atoms. The lowest BCUT2D eigenvalue weighted by Gasteiger charge is -2.13. The fraction of sp³-hybridized carbons (Fsp3) is 0.143. The van der Waals surface area contributed by atoms with Crippen molar-refractivity contribution in [3.05, 3.63) is 41.0 Å². The number of nitrogens with zero attached hydrogens (tertiary/aromatic N) is 1. The summed E-state index contributed by atoms with van der Waals surface area (Å²) in [5.41, 5.74) is 10.4. The summed E-state index contributed by atoms with van der Waals surface area (Å²) in [4.78, 5) is 16.1. The van der Waals surface area contributed by atoms with Gasteiger partial charge in [0.1, 0.15) is 5.03 Å². The van der Waals surface area contributed by atoms with Gasteiger partial charge in [0.05, 0.1) is 16.3 Å². The van der Waals surface area contributed by atoms with Gasteiger partial charge in [-0.3, -0.25) is 10.2 Å². The number of aromatic nitrogens is 1. The zero-order valence-corrected chi connectivity index (χ0v) is 13.0. The Labute approximate surface area is 132 Å². The van der Waals surface area contributed by atoms with E-state index in [1.54, 1.807) is 36.2 Å². The van der Waals surface area contributed by atoms with E-state index in [4.69, 9.17) is 23.2 Å². The molecule has 0 fully saturated rings. The standard InChI is InChI=1S/C14H15ClN4OS/c1-2-21-14-11(6-8(15)7-18-14)9-4-3-5-10(12(9)16)13(20)19-17/h3-7H,2,16-17H2,1H3,(H,19,20). The topological polar surface area (TPSA) is 94.0 Å². The van der Waals surface area contributed by atoms with Gasteiger partial charge < -0.3 is 5.73 Å². The highest BCUT2D eigenvalue weighted by Crippen LogP contribution is 2.36. The van der Waals surface area contributed by atoms with Crippen LogP contribution in [0.1, 0.15) is 17.3 Å². The molecule has 0 saturated heterocycles. The number of hydrogen-bond acceptors (Lipinski definition) is 5. The number of halogens is 1. The summed E-state index contributed by atoms with van der Waals surface area (Å²) < 4.78 is 0. The van der Waals surface area contributed by atoms with Crippen molar-refractivity contribution >= 4 is 35.0 Å². The molecule has 1 aromatic carbocycles. The Morgan fingerprint density at radius 2 is 2.19 bits per heavy atom. The molecule has 1 amide bonds. The molecule has 0 spiro atoms. The Morgan fingerprint density at radius 1 is 1.43 bits per heavy atom. The van der Waals surface area contributed by atoms with Crippen molar-refractivity contribution in [2.75, 3.05) is 11.5 Å². The number of nitrogen functional groups attached to an aromatic ring is 2. The first-order chi connectivity index (χ1) is 10.1. The normalized spacial score (nSPS) is 10.4. The van der Waals surface area contributed by atoms with Gasteiger partial charge in [-0.15, -0.1) is 11.8 Å². The maximum Gasteiger partial charge on any atom is 0.267 e. The second kappa shape index (κ2) is 6.80. The zero-order chi connectivity index (χ0) is 15.4. The summed E-state index contributed by atoms with van der Waals surface area (Å²) in [5, 5.41) is 1.33. The van der Waals surface area contributed by atoms with Crippen LogP contribution in [-0.4, -0.2) is 16.6 Å². The van der Waals surface area contributed by atoms with Gasteiger partial charge in [-0.05, 0) is 17.9 Å². The molecular weight excluding hydrogens is 308 g/mol. The number of carbonyl (C=O) groups excluding carboxylic acids is 1. The molecule has 7 heteroatoms. The van der Waals surface area contributed by atoms with Gasteiger partial charge in [-0.2, -0.15) is 0 Å². The van der Waals surface area contributed by atoms with Crippen LogP contribution in [0.5, 0.6) is 0 Å². The molecule has 2 aromatic rings. The van der Waals surface area contributed by atoms with Crippen LogP contribution in [0.25, 0.3) is 11.1 Å². The lowest BCUT2D eigenvalue weighted by Crippen LogP contribution is -2.30. The first kappa shape index (κ1) is 15.6. The van der Waals surface area contributed by atoms with E-state index < -0.39 is 5.91 Å². The Kier molecular flexibility index (Phi) is 5.06. The molecule has 0 aliphatic carbocycles. The number of hydrogen-bond donors (Lipinski definition) is 3. The van der Waals surface area contributed by atoms with Crippen molar-refractivity contribution in [1.82, 2.24) is 10.4 Å². The van der Waals surface area contributed by atoms with Gasteiger partial charge in [-0.1, -0.05) is 30.7 Å². The summed E-state index contributed by atoms with van der Waals surface area (Å²) in [6.07, 6.45) is 1.59. The third kappa shape index (κ3) is 3.29. The molecule has 0 unspecified atom stereocenters. The number of benzene rings is 1. The van der Waals surface area contributed by atoms with Crippen LogP contribution >= 0.6 is 23.4 Å². The maximum absolute atomic E-state index is 11.7. The number of carbonyl (C=O) groups is 1. The molecule has 21 heavy (non-hydrogen) atoms. The maximum atomic E-state index is 11.7. The molecular formula is C14H15ClN4OS. The Balaban J connectivity index is 2.61. The number of hydrazine groups is 1. The van der Waals surface area contributed by atoms with Gasteiger partial charge >= 0.3 is 0 Å². The van der Waals surface area contributed by atoms with E-state index in [1.165, 1.54) is 0 Å². The van der Waals surface area contributed by atoms with Crippen LogP contribution in [0.2, 0.25) is 5.02 Å². The van der Waals surface area contributed by atoms with Gasteiger partial charge in [0.2, 0.25) is 0 Å². The first-order valence-corrected chi connectivity index (χ1v) is 7.63. The fourth-order valence-electron chi connectivity index (χ4n) is 1.95. The first-order valence-electron chi connectivity index (χ1n) is 6.26. The number of rotatable bonds is 4. The summed E-state index contributed by atoms with van der Waals surface area (Å²) in [5.74, 6) is 5.60. The summed E-state index contributed by atoms with van der Waals surface area (Å²) in [6.45, 7) is 2.03. The van der Waals surface area contributed by atoms with Crippen LogP contribution in [0.15, 0.2) is 35.5 Å². The number of pyridine rings is 1. The van der Waals surface area contributed by atoms with Crippen molar-refractivity contribution in [3.63, 3.8) is 0 Å². The van der Waals surface area contributed by atoms with Gasteiger partial charge in [0.15, 0.2) is 0 Å². The summed E-state index contributed by atoms with van der Waals surface area (Å²) in [6, 6.07) is 6.99. The Hall–Kier alpha value is -1.76. The number of amides is 1. The average Bonchev–Trinajstić information content (AvgIpc) is 2.49.